The molecule has 0 saturated carbocycles. The van der Waals surface area contributed by atoms with Gasteiger partial charge in [-0.15, -0.1) is 11.3 Å². The number of ether oxygens (including phenoxy) is 1. The van der Waals surface area contributed by atoms with E-state index in [-0.39, 0.29) is 17.9 Å². The Morgan fingerprint density at radius 1 is 1.33 bits per heavy atom. The van der Waals surface area contributed by atoms with Crippen LogP contribution in [0.25, 0.3) is 0 Å². The van der Waals surface area contributed by atoms with Gasteiger partial charge in [-0.1, -0.05) is 6.07 Å². The summed E-state index contributed by atoms with van der Waals surface area (Å²) in [5.74, 6) is -0.454. The summed E-state index contributed by atoms with van der Waals surface area (Å²) in [7, 11) is 0. The van der Waals surface area contributed by atoms with Crippen molar-refractivity contribution in [2.45, 2.75) is 46.7 Å². The zero-order valence-electron chi connectivity index (χ0n) is 14.7. The largest absolute Gasteiger partial charge is 0.462 e. The quantitative estimate of drug-likeness (QED) is 0.590. The van der Waals surface area contributed by atoms with Crippen molar-refractivity contribution in [3.8, 4) is 0 Å². The molecule has 0 amide bonds. The molecule has 5 nitrogen and oxygen atoms in total. The highest BCUT2D eigenvalue weighted by atomic mass is 32.1. The number of aromatic nitrogens is 1. The molecular weight excluding hydrogens is 324 g/mol. The van der Waals surface area contributed by atoms with Crippen LogP contribution in [0, 0.1) is 13.8 Å². The summed E-state index contributed by atoms with van der Waals surface area (Å²) in [6.45, 7) is 9.50. The van der Waals surface area contributed by atoms with Gasteiger partial charge in [-0.25, -0.2) is 4.79 Å². The van der Waals surface area contributed by atoms with Crippen LogP contribution in [0.3, 0.4) is 0 Å². The van der Waals surface area contributed by atoms with Gasteiger partial charge in [0.05, 0.1) is 23.9 Å². The number of carbonyl (C=O) groups is 2. The van der Waals surface area contributed by atoms with Crippen molar-refractivity contribution < 1.29 is 14.3 Å². The molecule has 0 saturated heterocycles. The lowest BCUT2D eigenvalue weighted by Crippen LogP contribution is -2.36. The summed E-state index contributed by atoms with van der Waals surface area (Å²) in [5, 5.41) is 5.33. The topological polar surface area (TPSA) is 71.2 Å². The minimum Gasteiger partial charge on any atom is -0.462 e. The Labute approximate surface area is 146 Å². The smallest absolute Gasteiger partial charge is 0.340 e. The predicted octanol–water partition coefficient (Wildman–Crippen LogP) is 3.79. The number of nitrogens with one attached hydrogen (secondary N) is 2. The number of hydrogen-bond acceptors (Lipinski definition) is 5. The molecule has 130 valence electrons. The molecule has 2 aromatic rings. The molecule has 0 bridgehead atoms. The van der Waals surface area contributed by atoms with Crippen LogP contribution in [-0.4, -0.2) is 29.4 Å². The molecule has 24 heavy (non-hydrogen) atoms. The number of ketones is 1. The Morgan fingerprint density at radius 3 is 2.62 bits per heavy atom. The van der Waals surface area contributed by atoms with Gasteiger partial charge in [0.1, 0.15) is 0 Å². The Balaban J connectivity index is 2.17. The minimum absolute atomic E-state index is 0.0606. The lowest BCUT2D eigenvalue weighted by atomic mass is 10.0. The van der Waals surface area contributed by atoms with Crippen molar-refractivity contribution in [1.29, 1.82) is 0 Å². The zero-order chi connectivity index (χ0) is 17.9. The van der Waals surface area contributed by atoms with Crippen LogP contribution in [0.1, 0.15) is 63.8 Å². The first-order chi connectivity index (χ1) is 11.4. The van der Waals surface area contributed by atoms with Gasteiger partial charge in [-0.3, -0.25) is 10.1 Å². The Kier molecular flexibility index (Phi) is 5.96. The number of H-pyrrole nitrogens is 1. The second-order valence-electron chi connectivity index (χ2n) is 5.84. The summed E-state index contributed by atoms with van der Waals surface area (Å²) in [5.41, 5.74) is 2.23. The zero-order valence-corrected chi connectivity index (χ0v) is 15.5. The number of esters is 1. The number of carbonyl (C=O) groups excluding carboxylic acids is 2. The first-order valence-electron chi connectivity index (χ1n) is 8.06. The monoisotopic (exact) mass is 348 g/mol. The van der Waals surface area contributed by atoms with E-state index in [2.05, 4.69) is 10.3 Å². The molecule has 0 spiro atoms. The van der Waals surface area contributed by atoms with Gasteiger partial charge in [0.2, 0.25) is 0 Å². The van der Waals surface area contributed by atoms with Gasteiger partial charge in [-0.05, 0) is 51.6 Å². The van der Waals surface area contributed by atoms with Crippen LogP contribution >= 0.6 is 11.3 Å². The molecule has 6 heteroatoms. The highest BCUT2D eigenvalue weighted by Gasteiger charge is 2.26. The lowest BCUT2D eigenvalue weighted by Gasteiger charge is -2.18. The summed E-state index contributed by atoms with van der Waals surface area (Å²) in [4.78, 5) is 29.1. The molecule has 0 radical (unpaired) electrons. The van der Waals surface area contributed by atoms with Crippen LogP contribution in [0.5, 0.6) is 0 Å². The molecule has 2 aromatic heterocycles. The average molecular weight is 348 g/mol. The maximum Gasteiger partial charge on any atom is 0.340 e. The molecule has 2 heterocycles. The Bertz CT molecular complexity index is 719. The van der Waals surface area contributed by atoms with Crippen LogP contribution in [0.2, 0.25) is 0 Å². The highest BCUT2D eigenvalue weighted by Crippen LogP contribution is 2.22. The maximum absolute atomic E-state index is 12.8. The van der Waals surface area contributed by atoms with Gasteiger partial charge < -0.3 is 9.72 Å². The number of aryl methyl sites for hydroxylation is 1. The van der Waals surface area contributed by atoms with Crippen molar-refractivity contribution in [3.63, 3.8) is 0 Å². The summed E-state index contributed by atoms with van der Waals surface area (Å²) < 4.78 is 5.07. The molecule has 2 rings (SSSR count). The fraction of sp³-hybridized carbons (Fsp3) is 0.444. The van der Waals surface area contributed by atoms with E-state index >= 15 is 0 Å². The molecule has 2 N–H and O–H groups in total. The van der Waals surface area contributed by atoms with Crippen molar-refractivity contribution in [3.05, 3.63) is 44.9 Å². The molecule has 0 unspecified atom stereocenters. The highest BCUT2D eigenvalue weighted by molar-refractivity contribution is 7.10. The van der Waals surface area contributed by atoms with E-state index in [9.17, 15) is 9.59 Å². The van der Waals surface area contributed by atoms with E-state index in [1.807, 2.05) is 31.4 Å². The van der Waals surface area contributed by atoms with Gasteiger partial charge in [0.25, 0.3) is 0 Å². The number of hydrogen-bond donors (Lipinski definition) is 2. The molecule has 2 atom stereocenters. The average Bonchev–Trinajstić information content (AvgIpc) is 3.15. The molecule has 0 aliphatic carbocycles. The van der Waals surface area contributed by atoms with E-state index in [1.165, 1.54) is 4.88 Å². The maximum atomic E-state index is 12.8. The van der Waals surface area contributed by atoms with Gasteiger partial charge >= 0.3 is 5.97 Å². The van der Waals surface area contributed by atoms with E-state index in [0.29, 0.717) is 29.1 Å². The van der Waals surface area contributed by atoms with Gasteiger partial charge in [-0.2, -0.15) is 0 Å². The van der Waals surface area contributed by atoms with Gasteiger partial charge in [0, 0.05) is 16.6 Å². The SMILES string of the molecule is CCOC(=O)c1c(C)[nH]c(C(=O)[C@H](C)N[C@@H](C)c2cccs2)c1C. The second kappa shape index (κ2) is 7.77. The van der Waals surface area contributed by atoms with Crippen molar-refractivity contribution >= 4 is 23.1 Å². The summed E-state index contributed by atoms with van der Waals surface area (Å²) >= 11 is 1.66. The molecule has 0 aromatic carbocycles. The minimum atomic E-state index is -0.393. The second-order valence-corrected chi connectivity index (χ2v) is 6.81. The number of Topliss-reactive ketones (excluding diaryl/α,β-unsaturated/α-hetero) is 1. The normalized spacial score (nSPS) is 13.5. The summed E-state index contributed by atoms with van der Waals surface area (Å²) in [6.07, 6.45) is 0. The van der Waals surface area contributed by atoms with E-state index in [0.717, 1.165) is 0 Å². The van der Waals surface area contributed by atoms with E-state index < -0.39 is 5.97 Å². The molecule has 0 fully saturated rings. The third kappa shape index (κ3) is 3.76. The van der Waals surface area contributed by atoms with Crippen molar-refractivity contribution in [1.82, 2.24) is 10.3 Å². The number of thiophene rings is 1. The van der Waals surface area contributed by atoms with Crippen molar-refractivity contribution in [2.24, 2.45) is 0 Å². The Morgan fingerprint density at radius 2 is 2.04 bits per heavy atom. The van der Waals surface area contributed by atoms with Gasteiger partial charge in [0.15, 0.2) is 5.78 Å². The Hall–Kier alpha value is -1.92. The van der Waals surface area contributed by atoms with Crippen LogP contribution in [-0.2, 0) is 4.74 Å². The predicted molar refractivity (Wildman–Crippen MR) is 95.9 cm³/mol. The fourth-order valence-electron chi connectivity index (χ4n) is 2.79. The molecule has 0 aliphatic heterocycles. The standard InChI is InChI=1S/C18H24N2O3S/c1-6-23-18(22)15-10(2)16(20-12(15)4)17(21)13(5)19-11(3)14-8-7-9-24-14/h7-9,11,13,19-20H,6H2,1-5H3/t11-,13-/m0/s1. The summed E-state index contributed by atoms with van der Waals surface area (Å²) in [6, 6.07) is 3.76. The number of rotatable bonds is 7. The van der Waals surface area contributed by atoms with E-state index in [1.54, 1.807) is 32.1 Å². The van der Waals surface area contributed by atoms with Crippen LogP contribution in [0.4, 0.5) is 0 Å². The number of aromatic amines is 1. The molecule has 0 aliphatic rings. The third-order valence-corrected chi connectivity index (χ3v) is 5.08. The van der Waals surface area contributed by atoms with E-state index in [4.69, 9.17) is 4.74 Å². The van der Waals surface area contributed by atoms with Crippen LogP contribution < -0.4 is 5.32 Å². The lowest BCUT2D eigenvalue weighted by molar-refractivity contribution is 0.0525. The van der Waals surface area contributed by atoms with Crippen molar-refractivity contribution in [2.75, 3.05) is 6.61 Å². The fourth-order valence-corrected chi connectivity index (χ4v) is 3.54. The third-order valence-electron chi connectivity index (χ3n) is 4.03. The first-order valence-corrected chi connectivity index (χ1v) is 8.94. The molecular formula is C18H24N2O3S. The first kappa shape index (κ1) is 18.4. The van der Waals surface area contributed by atoms with Crippen LogP contribution in [0.15, 0.2) is 17.5 Å².